The van der Waals surface area contributed by atoms with E-state index < -0.39 is 5.41 Å². The topological polar surface area (TPSA) is 131 Å². The van der Waals surface area contributed by atoms with Crippen molar-refractivity contribution in [2.24, 2.45) is 0 Å². The highest BCUT2D eigenvalue weighted by molar-refractivity contribution is 6.11. The molecule has 1 aliphatic rings. The van der Waals surface area contributed by atoms with E-state index in [0.29, 0.717) is 33.5 Å². The fourth-order valence-corrected chi connectivity index (χ4v) is 3.49. The molecule has 8 heteroatoms. The lowest BCUT2D eigenvalue weighted by molar-refractivity contribution is 0.0995. The third kappa shape index (κ3) is 2.93. The first-order chi connectivity index (χ1) is 13.8. The van der Waals surface area contributed by atoms with Gasteiger partial charge in [0, 0.05) is 34.0 Å². The molecule has 0 saturated carbocycles. The Morgan fingerprint density at radius 1 is 1.34 bits per heavy atom. The van der Waals surface area contributed by atoms with Crippen LogP contribution in [0.15, 0.2) is 48.3 Å². The maximum Gasteiger partial charge on any atom is 0.208 e. The highest BCUT2D eigenvalue weighted by Crippen LogP contribution is 2.39. The number of aliphatic hydroxyl groups is 1. The molecule has 0 amide bonds. The van der Waals surface area contributed by atoms with Gasteiger partial charge in [0.1, 0.15) is 5.76 Å². The molecule has 1 aliphatic carbocycles. The van der Waals surface area contributed by atoms with Gasteiger partial charge in [0.15, 0.2) is 5.78 Å². The number of carbonyl (C=O) groups is 1. The lowest BCUT2D eigenvalue weighted by Gasteiger charge is -2.27. The van der Waals surface area contributed by atoms with Crippen molar-refractivity contribution < 1.29 is 9.90 Å². The number of aliphatic hydroxyl groups excluding tert-OH is 1. The molecule has 144 valence electrons. The largest absolute Gasteiger partial charge is 0.507 e. The molecule has 2 aromatic heterocycles. The monoisotopic (exact) mass is 386 g/mol. The Morgan fingerprint density at radius 3 is 2.83 bits per heavy atom. The molecule has 0 fully saturated rings. The molecule has 8 nitrogen and oxygen atoms in total. The van der Waals surface area contributed by atoms with E-state index in [1.54, 1.807) is 30.4 Å². The van der Waals surface area contributed by atoms with Crippen LogP contribution in [-0.4, -0.2) is 36.5 Å². The predicted octanol–water partition coefficient (Wildman–Crippen LogP) is 3.50. The van der Waals surface area contributed by atoms with E-state index in [2.05, 4.69) is 38.3 Å². The van der Waals surface area contributed by atoms with Gasteiger partial charge in [-0.3, -0.25) is 4.79 Å². The number of rotatable bonds is 1. The third-order valence-electron chi connectivity index (χ3n) is 5.30. The van der Waals surface area contributed by atoms with Gasteiger partial charge in [-0.05, 0) is 29.0 Å². The van der Waals surface area contributed by atoms with E-state index in [4.69, 9.17) is 0 Å². The first-order valence-corrected chi connectivity index (χ1v) is 8.97. The molecule has 0 spiro atoms. The van der Waals surface area contributed by atoms with Crippen LogP contribution in [0.25, 0.3) is 16.5 Å². The molecule has 0 radical (unpaired) electrons. The average Bonchev–Trinajstić information content (AvgIpc) is 3.34. The van der Waals surface area contributed by atoms with Crippen molar-refractivity contribution in [1.82, 2.24) is 25.6 Å². The zero-order chi connectivity index (χ0) is 20.8. The second-order valence-corrected chi connectivity index (χ2v) is 7.41. The Hall–Kier alpha value is -3.99. The molecule has 0 bridgehead atoms. The zero-order valence-corrected chi connectivity index (χ0v) is 15.9. The summed E-state index contributed by atoms with van der Waals surface area (Å²) in [6.45, 7) is 7.97. The van der Waals surface area contributed by atoms with Crippen LogP contribution in [0.3, 0.4) is 0 Å². The molecular weight excluding hydrogens is 368 g/mol. The average molecular weight is 386 g/mol. The van der Waals surface area contributed by atoms with E-state index >= 15 is 0 Å². The Balaban J connectivity index is 1.98. The van der Waals surface area contributed by atoms with Gasteiger partial charge in [0.25, 0.3) is 0 Å². The third-order valence-corrected chi connectivity index (χ3v) is 5.30. The number of hydrogen-bond acceptors (Lipinski definition) is 6. The highest BCUT2D eigenvalue weighted by atomic mass is 16.3. The summed E-state index contributed by atoms with van der Waals surface area (Å²) in [5.41, 5.74) is 2.66. The number of carbonyl (C=O) groups excluding carboxylic acids is 1. The molecule has 3 aromatic rings. The summed E-state index contributed by atoms with van der Waals surface area (Å²) in [6, 6.07) is 7.31. The number of ketones is 1. The number of hydrogen-bond donors (Lipinski definition) is 3. The maximum absolute atomic E-state index is 13.2. The lowest BCUT2D eigenvalue weighted by Crippen LogP contribution is -2.23. The molecule has 4 rings (SSSR count). The number of fused-ring (bicyclic) bond motifs is 3. The molecule has 0 atom stereocenters. The minimum atomic E-state index is -0.690. The summed E-state index contributed by atoms with van der Waals surface area (Å²) >= 11 is 0. The van der Waals surface area contributed by atoms with E-state index in [-0.39, 0.29) is 23.8 Å². The van der Waals surface area contributed by atoms with E-state index in [9.17, 15) is 15.2 Å². The summed E-state index contributed by atoms with van der Waals surface area (Å²) in [7, 11) is 0. The Labute approximate surface area is 166 Å². The first kappa shape index (κ1) is 18.4. The number of allylic oxidation sites excluding steroid dienone is 4. The molecule has 0 unspecified atom stereocenters. The van der Waals surface area contributed by atoms with Crippen molar-refractivity contribution in [1.29, 1.82) is 5.26 Å². The molecular formula is C21H18N6O2. The van der Waals surface area contributed by atoms with Crippen molar-refractivity contribution in [2.45, 2.75) is 25.7 Å². The number of benzene rings is 1. The van der Waals surface area contributed by atoms with Crippen LogP contribution in [0.5, 0.6) is 0 Å². The molecule has 29 heavy (non-hydrogen) atoms. The smallest absolute Gasteiger partial charge is 0.208 e. The van der Waals surface area contributed by atoms with Crippen molar-refractivity contribution in [3.63, 3.8) is 0 Å². The lowest BCUT2D eigenvalue weighted by atomic mass is 9.78. The normalized spacial score (nSPS) is 20.3. The fraction of sp³-hybridized carbons (Fsp3) is 0.190. The van der Waals surface area contributed by atoms with E-state index in [0.717, 1.165) is 5.39 Å². The minimum Gasteiger partial charge on any atom is -0.507 e. The summed E-state index contributed by atoms with van der Waals surface area (Å²) < 4.78 is 0. The number of nitrogens with one attached hydrogen (secondary N) is 2. The fourth-order valence-electron chi connectivity index (χ4n) is 3.49. The van der Waals surface area contributed by atoms with Crippen LogP contribution in [0.1, 0.15) is 47.7 Å². The number of nitrogens with zero attached hydrogens (tertiary/aromatic N) is 4. The number of Topliss-reactive ketones (excluding diaryl/α,β-unsaturated/α-hetero) is 1. The second kappa shape index (κ2) is 6.56. The standard InChI is InChI=1S/C21H18N6O2/c1-11-8-17(29)14(20-24-26-27-25-20)6-7-16(28)18-13-5-4-12(10-22)9-15(13)23-19(18)21(11,2)3/h4-6,8-9,23,29H,1,7H2,2-3H3,(H,24,25,26,27)/b14-6+,17-8+. The van der Waals surface area contributed by atoms with E-state index in [1.165, 1.54) is 0 Å². The quantitative estimate of drug-likeness (QED) is 0.586. The predicted molar refractivity (Wildman–Crippen MR) is 107 cm³/mol. The summed E-state index contributed by atoms with van der Waals surface area (Å²) in [6.07, 6.45) is 3.16. The first-order valence-electron chi connectivity index (χ1n) is 8.97. The van der Waals surface area contributed by atoms with Crippen molar-refractivity contribution in [3.05, 3.63) is 70.9 Å². The number of nitriles is 1. The number of H-pyrrole nitrogens is 2. The SMILES string of the molecule is C=C1/C=C(O)\C(c2nn[nH]n2)=C/CC(=O)c2c([nH]c3cc(C#N)ccc23)C1(C)C. The molecule has 3 N–H and O–H groups in total. The van der Waals surface area contributed by atoms with Crippen molar-refractivity contribution in [2.75, 3.05) is 0 Å². The van der Waals surface area contributed by atoms with Gasteiger partial charge >= 0.3 is 0 Å². The van der Waals surface area contributed by atoms with Crippen LogP contribution < -0.4 is 0 Å². The van der Waals surface area contributed by atoms with Gasteiger partial charge in [-0.1, -0.05) is 32.6 Å². The summed E-state index contributed by atoms with van der Waals surface area (Å²) in [4.78, 5) is 16.6. The van der Waals surface area contributed by atoms with Gasteiger partial charge in [-0.2, -0.15) is 10.5 Å². The van der Waals surface area contributed by atoms with Crippen LogP contribution >= 0.6 is 0 Å². The highest BCUT2D eigenvalue weighted by Gasteiger charge is 2.33. The van der Waals surface area contributed by atoms with Crippen molar-refractivity contribution in [3.8, 4) is 6.07 Å². The van der Waals surface area contributed by atoms with E-state index in [1.807, 2.05) is 13.8 Å². The van der Waals surface area contributed by atoms with Crippen LogP contribution in [0, 0.1) is 11.3 Å². The van der Waals surface area contributed by atoms with Crippen LogP contribution in [0.4, 0.5) is 0 Å². The number of aromatic nitrogens is 5. The van der Waals surface area contributed by atoms with Gasteiger partial charge in [0.2, 0.25) is 5.82 Å². The van der Waals surface area contributed by atoms with Gasteiger partial charge in [-0.25, -0.2) is 0 Å². The molecule has 0 aliphatic heterocycles. The van der Waals surface area contributed by atoms with Crippen LogP contribution in [0.2, 0.25) is 0 Å². The number of aromatic amines is 2. The Morgan fingerprint density at radius 2 is 2.14 bits per heavy atom. The second-order valence-electron chi connectivity index (χ2n) is 7.41. The molecule has 0 saturated heterocycles. The zero-order valence-electron chi connectivity index (χ0n) is 15.9. The van der Waals surface area contributed by atoms with Crippen molar-refractivity contribution >= 4 is 22.3 Å². The molecule has 2 heterocycles. The maximum atomic E-state index is 13.2. The van der Waals surface area contributed by atoms with Crippen LogP contribution in [-0.2, 0) is 5.41 Å². The van der Waals surface area contributed by atoms with Gasteiger partial charge in [-0.15, -0.1) is 10.2 Å². The van der Waals surface area contributed by atoms with Gasteiger partial charge < -0.3 is 10.1 Å². The van der Waals surface area contributed by atoms with Gasteiger partial charge in [0.05, 0.1) is 17.2 Å². The molecule has 1 aromatic carbocycles. The Bertz CT molecular complexity index is 1250. The number of tetrazole rings is 1. The summed E-state index contributed by atoms with van der Waals surface area (Å²) in [5.74, 6) is -0.0355. The Kier molecular flexibility index (Phi) is 4.16. The summed E-state index contributed by atoms with van der Waals surface area (Å²) in [5, 5.41) is 34.3. The minimum absolute atomic E-state index is 0.0320.